The van der Waals surface area contributed by atoms with Crippen molar-refractivity contribution in [2.75, 3.05) is 25.5 Å². The van der Waals surface area contributed by atoms with Gasteiger partial charge in [0.15, 0.2) is 0 Å². The van der Waals surface area contributed by atoms with Crippen LogP contribution in [-0.2, 0) is 9.53 Å². The number of hydrogen-bond acceptors (Lipinski definition) is 4. The molecule has 0 spiro atoms. The minimum atomic E-state index is -0.411. The third-order valence-corrected chi connectivity index (χ3v) is 2.70. The van der Waals surface area contributed by atoms with Crippen molar-refractivity contribution in [1.82, 2.24) is 5.32 Å². The minimum absolute atomic E-state index is 0.0224. The molecule has 5 heteroatoms. The molecule has 0 atom stereocenters. The van der Waals surface area contributed by atoms with Gasteiger partial charge in [-0.3, -0.25) is 4.79 Å². The van der Waals surface area contributed by atoms with E-state index in [-0.39, 0.29) is 11.8 Å². The monoisotopic (exact) mass is 234 g/mol. The molecule has 0 aliphatic carbocycles. The van der Waals surface area contributed by atoms with Crippen LogP contribution in [0.4, 0.5) is 5.69 Å². The third kappa shape index (κ3) is 2.62. The lowest BCUT2D eigenvalue weighted by Crippen LogP contribution is -2.48. The molecular weight excluding hydrogens is 220 g/mol. The van der Waals surface area contributed by atoms with Crippen molar-refractivity contribution in [2.45, 2.75) is 0 Å². The van der Waals surface area contributed by atoms with Gasteiger partial charge in [-0.1, -0.05) is 6.07 Å². The van der Waals surface area contributed by atoms with Crippen LogP contribution < -0.4 is 10.6 Å². The van der Waals surface area contributed by atoms with Gasteiger partial charge >= 0.3 is 5.97 Å². The van der Waals surface area contributed by atoms with Crippen molar-refractivity contribution in [3.8, 4) is 0 Å². The zero-order chi connectivity index (χ0) is 12.3. The summed E-state index contributed by atoms with van der Waals surface area (Å²) in [4.78, 5) is 23.0. The molecule has 1 fully saturated rings. The Balaban J connectivity index is 2.05. The first-order valence-corrected chi connectivity index (χ1v) is 5.40. The molecule has 5 nitrogen and oxygen atoms in total. The second kappa shape index (κ2) is 4.97. The standard InChI is InChI=1S/C12H14N2O3/c1-17-12(16)8-3-2-4-10(5-8)14-11(15)9-6-13-7-9/h2-5,9,13H,6-7H2,1H3,(H,14,15). The summed E-state index contributed by atoms with van der Waals surface area (Å²) in [6.07, 6.45) is 0. The Hall–Kier alpha value is -1.88. The lowest BCUT2D eigenvalue weighted by Gasteiger charge is -2.25. The first-order valence-electron chi connectivity index (χ1n) is 5.40. The number of esters is 1. The number of carbonyl (C=O) groups is 2. The zero-order valence-corrected chi connectivity index (χ0v) is 9.53. The van der Waals surface area contributed by atoms with Crippen molar-refractivity contribution in [3.63, 3.8) is 0 Å². The van der Waals surface area contributed by atoms with Gasteiger partial charge in [-0.05, 0) is 18.2 Å². The molecule has 1 amide bonds. The molecule has 0 aromatic heterocycles. The van der Waals surface area contributed by atoms with Crippen molar-refractivity contribution in [3.05, 3.63) is 29.8 Å². The average molecular weight is 234 g/mol. The zero-order valence-electron chi connectivity index (χ0n) is 9.53. The van der Waals surface area contributed by atoms with Gasteiger partial charge in [-0.25, -0.2) is 4.79 Å². The average Bonchev–Trinajstić information content (AvgIpc) is 2.26. The lowest BCUT2D eigenvalue weighted by molar-refractivity contribution is -0.121. The first kappa shape index (κ1) is 11.6. The SMILES string of the molecule is COC(=O)c1cccc(NC(=O)C2CNC2)c1. The molecule has 1 aromatic rings. The Morgan fingerprint density at radius 3 is 2.76 bits per heavy atom. The number of amides is 1. The minimum Gasteiger partial charge on any atom is -0.465 e. The maximum atomic E-state index is 11.7. The second-order valence-corrected chi connectivity index (χ2v) is 3.92. The molecule has 1 heterocycles. The molecule has 0 bridgehead atoms. The molecule has 1 aliphatic heterocycles. The molecular formula is C12H14N2O3. The van der Waals surface area contributed by atoms with Crippen LogP contribution in [0.15, 0.2) is 24.3 Å². The van der Waals surface area contributed by atoms with Gasteiger partial charge in [0.2, 0.25) is 5.91 Å². The summed E-state index contributed by atoms with van der Waals surface area (Å²) in [6.45, 7) is 1.42. The fourth-order valence-corrected chi connectivity index (χ4v) is 1.56. The molecule has 0 radical (unpaired) electrons. The lowest BCUT2D eigenvalue weighted by atomic mass is 10.0. The highest BCUT2D eigenvalue weighted by molar-refractivity contribution is 5.96. The van der Waals surface area contributed by atoms with Gasteiger partial charge in [0.25, 0.3) is 0 Å². The fourth-order valence-electron chi connectivity index (χ4n) is 1.56. The summed E-state index contributed by atoms with van der Waals surface area (Å²) in [5.41, 5.74) is 1.04. The van der Waals surface area contributed by atoms with E-state index in [9.17, 15) is 9.59 Å². The highest BCUT2D eigenvalue weighted by Crippen LogP contribution is 2.14. The summed E-state index contributed by atoms with van der Waals surface area (Å²) < 4.78 is 4.61. The van der Waals surface area contributed by atoms with Crippen LogP contribution in [-0.4, -0.2) is 32.1 Å². The van der Waals surface area contributed by atoms with E-state index in [2.05, 4.69) is 15.4 Å². The summed E-state index contributed by atoms with van der Waals surface area (Å²) in [7, 11) is 1.33. The smallest absolute Gasteiger partial charge is 0.337 e. The molecule has 0 unspecified atom stereocenters. The van der Waals surface area contributed by atoms with Crippen LogP contribution in [0.2, 0.25) is 0 Å². The molecule has 0 saturated carbocycles. The molecule has 1 aromatic carbocycles. The highest BCUT2D eigenvalue weighted by Gasteiger charge is 2.24. The maximum Gasteiger partial charge on any atom is 0.337 e. The predicted molar refractivity (Wildman–Crippen MR) is 62.8 cm³/mol. The number of anilines is 1. The number of methoxy groups -OCH3 is 1. The molecule has 17 heavy (non-hydrogen) atoms. The summed E-state index contributed by atoms with van der Waals surface area (Å²) in [5, 5.41) is 5.81. The Labute approximate surface area is 99.2 Å². The van der Waals surface area contributed by atoms with Crippen LogP contribution in [0.1, 0.15) is 10.4 Å². The molecule has 2 N–H and O–H groups in total. The van der Waals surface area contributed by atoms with Crippen LogP contribution in [0, 0.1) is 5.92 Å². The molecule has 90 valence electrons. The van der Waals surface area contributed by atoms with E-state index < -0.39 is 5.97 Å². The first-order chi connectivity index (χ1) is 8.20. The molecule has 1 aliphatic rings. The van der Waals surface area contributed by atoms with Crippen LogP contribution in [0.3, 0.4) is 0 Å². The normalized spacial score (nSPS) is 14.9. The number of carbonyl (C=O) groups excluding carboxylic acids is 2. The van der Waals surface area contributed by atoms with E-state index in [1.807, 2.05) is 0 Å². The Bertz CT molecular complexity index is 441. The van der Waals surface area contributed by atoms with E-state index in [4.69, 9.17) is 0 Å². The van der Waals surface area contributed by atoms with Crippen molar-refractivity contribution in [2.24, 2.45) is 5.92 Å². The quantitative estimate of drug-likeness (QED) is 0.753. The van der Waals surface area contributed by atoms with E-state index in [0.717, 1.165) is 0 Å². The summed E-state index contributed by atoms with van der Waals surface area (Å²) in [6, 6.07) is 6.71. The van der Waals surface area contributed by atoms with Gasteiger partial charge in [-0.2, -0.15) is 0 Å². The number of rotatable bonds is 3. The van der Waals surface area contributed by atoms with Gasteiger partial charge in [0, 0.05) is 18.8 Å². The van der Waals surface area contributed by atoms with E-state index in [0.29, 0.717) is 24.3 Å². The number of hydrogen-bond donors (Lipinski definition) is 2. The second-order valence-electron chi connectivity index (χ2n) is 3.92. The van der Waals surface area contributed by atoms with E-state index in [1.165, 1.54) is 7.11 Å². The number of ether oxygens (including phenoxy) is 1. The Morgan fingerprint density at radius 1 is 1.41 bits per heavy atom. The topological polar surface area (TPSA) is 67.4 Å². The van der Waals surface area contributed by atoms with E-state index >= 15 is 0 Å². The largest absolute Gasteiger partial charge is 0.465 e. The van der Waals surface area contributed by atoms with E-state index in [1.54, 1.807) is 24.3 Å². The van der Waals surface area contributed by atoms with Gasteiger partial charge in [0.1, 0.15) is 0 Å². The van der Waals surface area contributed by atoms with Gasteiger partial charge in [-0.15, -0.1) is 0 Å². The predicted octanol–water partition coefficient (Wildman–Crippen LogP) is 0.631. The van der Waals surface area contributed by atoms with Crippen LogP contribution in [0.5, 0.6) is 0 Å². The van der Waals surface area contributed by atoms with Gasteiger partial charge < -0.3 is 15.4 Å². The van der Waals surface area contributed by atoms with Crippen molar-refractivity contribution >= 4 is 17.6 Å². The highest BCUT2D eigenvalue weighted by atomic mass is 16.5. The third-order valence-electron chi connectivity index (χ3n) is 2.70. The Kier molecular flexibility index (Phi) is 3.39. The molecule has 2 rings (SSSR count). The maximum absolute atomic E-state index is 11.7. The van der Waals surface area contributed by atoms with Crippen molar-refractivity contribution < 1.29 is 14.3 Å². The van der Waals surface area contributed by atoms with Crippen LogP contribution >= 0.6 is 0 Å². The Morgan fingerprint density at radius 2 is 2.18 bits per heavy atom. The summed E-state index contributed by atoms with van der Waals surface area (Å²) in [5.74, 6) is -0.408. The van der Waals surface area contributed by atoms with Crippen LogP contribution in [0.25, 0.3) is 0 Å². The number of benzene rings is 1. The van der Waals surface area contributed by atoms with Gasteiger partial charge in [0.05, 0.1) is 18.6 Å². The number of nitrogens with one attached hydrogen (secondary N) is 2. The summed E-state index contributed by atoms with van der Waals surface area (Å²) >= 11 is 0. The fraction of sp³-hybridized carbons (Fsp3) is 0.333. The molecule has 1 saturated heterocycles. The van der Waals surface area contributed by atoms with Crippen molar-refractivity contribution in [1.29, 1.82) is 0 Å².